The minimum Gasteiger partial charge on any atom is -0.327 e. The molecule has 5 rings (SSSR count). The fourth-order valence-corrected chi connectivity index (χ4v) is 4.84. The summed E-state index contributed by atoms with van der Waals surface area (Å²) in [7, 11) is 0. The van der Waals surface area contributed by atoms with E-state index in [-0.39, 0.29) is 17.9 Å². The molecule has 25 heavy (non-hydrogen) atoms. The highest BCUT2D eigenvalue weighted by Gasteiger charge is 2.39. The van der Waals surface area contributed by atoms with E-state index >= 15 is 0 Å². The molecule has 0 heterocycles. The normalized spacial score (nSPS) is 24.5. The minimum atomic E-state index is -0.0450. The zero-order chi connectivity index (χ0) is 17.0. The summed E-state index contributed by atoms with van der Waals surface area (Å²) in [5.74, 6) is 0.472. The molecule has 0 aliphatic heterocycles. The zero-order valence-corrected chi connectivity index (χ0v) is 14.1. The minimum absolute atomic E-state index is 0.0425. The third-order valence-corrected chi connectivity index (χ3v) is 6.02. The van der Waals surface area contributed by atoms with Gasteiger partial charge in [-0.3, -0.25) is 4.79 Å². The first-order valence-electron chi connectivity index (χ1n) is 9.09. The quantitative estimate of drug-likeness (QED) is 0.770. The Morgan fingerprint density at radius 1 is 0.920 bits per heavy atom. The summed E-state index contributed by atoms with van der Waals surface area (Å²) < 4.78 is 0. The second-order valence-electron chi connectivity index (χ2n) is 7.47. The largest absolute Gasteiger partial charge is 0.327 e. The van der Waals surface area contributed by atoms with Crippen LogP contribution in [0.25, 0.3) is 10.8 Å². The van der Waals surface area contributed by atoms with E-state index in [1.165, 1.54) is 33.0 Å². The summed E-state index contributed by atoms with van der Waals surface area (Å²) in [4.78, 5) is 13.0. The molecule has 0 bridgehead atoms. The Bertz CT molecular complexity index is 976. The molecule has 0 aromatic heterocycles. The van der Waals surface area contributed by atoms with Gasteiger partial charge in [0.2, 0.25) is 0 Å². The highest BCUT2D eigenvalue weighted by atomic mass is 16.1. The van der Waals surface area contributed by atoms with E-state index in [9.17, 15) is 4.79 Å². The highest BCUT2D eigenvalue weighted by Crippen LogP contribution is 2.47. The van der Waals surface area contributed by atoms with Crippen LogP contribution in [0.4, 0.5) is 0 Å². The molecule has 0 fully saturated rings. The van der Waals surface area contributed by atoms with Gasteiger partial charge in [0.1, 0.15) is 5.78 Å². The third-order valence-electron chi connectivity index (χ3n) is 6.02. The number of hydrogen-bond acceptors (Lipinski definition) is 2. The molecule has 2 aliphatic carbocycles. The van der Waals surface area contributed by atoms with Gasteiger partial charge >= 0.3 is 0 Å². The van der Waals surface area contributed by atoms with Gasteiger partial charge in [0.05, 0.1) is 0 Å². The lowest BCUT2D eigenvalue weighted by molar-refractivity contribution is -0.121. The summed E-state index contributed by atoms with van der Waals surface area (Å²) >= 11 is 0. The maximum absolute atomic E-state index is 13.0. The summed E-state index contributed by atoms with van der Waals surface area (Å²) in [6, 6.07) is 21.2. The zero-order valence-electron chi connectivity index (χ0n) is 14.1. The molecule has 0 saturated heterocycles. The predicted molar refractivity (Wildman–Crippen MR) is 101 cm³/mol. The Morgan fingerprint density at radius 3 is 2.60 bits per heavy atom. The molecule has 2 nitrogen and oxygen atoms in total. The number of Topliss-reactive ketones (excluding diaryl/α,β-unsaturated/α-hetero) is 1. The van der Waals surface area contributed by atoms with Crippen LogP contribution in [0, 0.1) is 0 Å². The molecular weight excluding hydrogens is 306 g/mol. The van der Waals surface area contributed by atoms with Crippen molar-refractivity contribution < 1.29 is 4.79 Å². The van der Waals surface area contributed by atoms with Gasteiger partial charge < -0.3 is 5.73 Å². The molecule has 0 saturated carbocycles. The maximum atomic E-state index is 13.0. The fourth-order valence-electron chi connectivity index (χ4n) is 4.84. The van der Waals surface area contributed by atoms with Crippen molar-refractivity contribution in [3.63, 3.8) is 0 Å². The van der Waals surface area contributed by atoms with Crippen LogP contribution >= 0.6 is 0 Å². The van der Waals surface area contributed by atoms with E-state index in [0.717, 1.165) is 12.8 Å². The van der Waals surface area contributed by atoms with Gasteiger partial charge in [-0.1, -0.05) is 60.7 Å². The van der Waals surface area contributed by atoms with Crippen LogP contribution in [0.2, 0.25) is 0 Å². The fraction of sp³-hybridized carbons (Fsp3) is 0.261. The molecule has 3 unspecified atom stereocenters. The Labute approximate surface area is 147 Å². The molecule has 124 valence electrons. The molecule has 0 radical (unpaired) electrons. The summed E-state index contributed by atoms with van der Waals surface area (Å²) in [5.41, 5.74) is 11.6. The molecule has 0 spiro atoms. The number of rotatable bonds is 2. The lowest BCUT2D eigenvalue weighted by atomic mass is 9.66. The van der Waals surface area contributed by atoms with Gasteiger partial charge in [-0.2, -0.15) is 0 Å². The topological polar surface area (TPSA) is 43.1 Å². The Hall–Kier alpha value is -2.45. The van der Waals surface area contributed by atoms with Gasteiger partial charge in [-0.15, -0.1) is 0 Å². The number of carbonyl (C=O) groups excluding carboxylic acids is 1. The Kier molecular flexibility index (Phi) is 3.29. The van der Waals surface area contributed by atoms with E-state index in [0.29, 0.717) is 12.2 Å². The van der Waals surface area contributed by atoms with E-state index < -0.39 is 0 Å². The highest BCUT2D eigenvalue weighted by molar-refractivity contribution is 5.97. The summed E-state index contributed by atoms with van der Waals surface area (Å²) in [6.07, 6.45) is 2.23. The van der Waals surface area contributed by atoms with Crippen LogP contribution in [0.1, 0.15) is 40.5 Å². The van der Waals surface area contributed by atoms with E-state index in [4.69, 9.17) is 5.73 Å². The molecule has 3 aromatic rings. The van der Waals surface area contributed by atoms with Crippen LogP contribution < -0.4 is 5.73 Å². The van der Waals surface area contributed by atoms with E-state index in [1.807, 2.05) is 18.2 Å². The number of ketones is 1. The van der Waals surface area contributed by atoms with Crippen molar-refractivity contribution in [3.8, 4) is 0 Å². The van der Waals surface area contributed by atoms with Crippen LogP contribution in [-0.2, 0) is 17.6 Å². The van der Waals surface area contributed by atoms with Gasteiger partial charge in [0.25, 0.3) is 0 Å². The summed E-state index contributed by atoms with van der Waals surface area (Å²) in [6.45, 7) is 0. The van der Waals surface area contributed by atoms with Crippen molar-refractivity contribution in [2.75, 3.05) is 0 Å². The second-order valence-corrected chi connectivity index (χ2v) is 7.47. The van der Waals surface area contributed by atoms with Crippen molar-refractivity contribution in [2.45, 2.75) is 37.1 Å². The average Bonchev–Trinajstić information content (AvgIpc) is 2.63. The molecule has 2 N–H and O–H groups in total. The first-order chi connectivity index (χ1) is 12.2. The number of carbonyl (C=O) groups is 1. The number of nitrogens with two attached hydrogens (primary N) is 1. The Balaban J connectivity index is 1.71. The van der Waals surface area contributed by atoms with Crippen molar-refractivity contribution in [1.29, 1.82) is 0 Å². The SMILES string of the molecule is NC1Cc2cccc3ccc4c(c23)C1CC(=O)C4Cc1ccccc1. The third kappa shape index (κ3) is 2.25. The Morgan fingerprint density at radius 2 is 1.76 bits per heavy atom. The first-order valence-corrected chi connectivity index (χ1v) is 9.09. The average molecular weight is 327 g/mol. The van der Waals surface area contributed by atoms with Crippen molar-refractivity contribution in [2.24, 2.45) is 5.73 Å². The lowest BCUT2D eigenvalue weighted by Gasteiger charge is -2.38. The lowest BCUT2D eigenvalue weighted by Crippen LogP contribution is -2.39. The van der Waals surface area contributed by atoms with Crippen LogP contribution in [0.3, 0.4) is 0 Å². The van der Waals surface area contributed by atoms with E-state index in [1.54, 1.807) is 0 Å². The van der Waals surface area contributed by atoms with Crippen molar-refractivity contribution in [1.82, 2.24) is 0 Å². The number of hydrogen-bond donors (Lipinski definition) is 1. The van der Waals surface area contributed by atoms with Crippen LogP contribution in [0.15, 0.2) is 60.7 Å². The monoisotopic (exact) mass is 327 g/mol. The van der Waals surface area contributed by atoms with Gasteiger partial charge in [0.15, 0.2) is 0 Å². The van der Waals surface area contributed by atoms with Crippen LogP contribution in [-0.4, -0.2) is 11.8 Å². The second kappa shape index (κ2) is 5.53. The van der Waals surface area contributed by atoms with E-state index in [2.05, 4.69) is 42.5 Å². The van der Waals surface area contributed by atoms with Crippen molar-refractivity contribution in [3.05, 3.63) is 82.9 Å². The molecule has 0 amide bonds. The van der Waals surface area contributed by atoms with Crippen molar-refractivity contribution >= 4 is 16.6 Å². The smallest absolute Gasteiger partial charge is 0.141 e. The van der Waals surface area contributed by atoms with Gasteiger partial charge in [-0.25, -0.2) is 0 Å². The van der Waals surface area contributed by atoms with Crippen LogP contribution in [0.5, 0.6) is 0 Å². The molecule has 3 atom stereocenters. The molecule has 3 aromatic carbocycles. The molecule has 2 heteroatoms. The first kappa shape index (κ1) is 14.9. The summed E-state index contributed by atoms with van der Waals surface area (Å²) in [5, 5.41) is 2.64. The maximum Gasteiger partial charge on any atom is 0.141 e. The molecule has 2 aliphatic rings. The number of benzene rings is 3. The predicted octanol–water partition coefficient (Wildman–Crippen LogP) is 4.11. The molecular formula is C23H21NO. The van der Waals surface area contributed by atoms with Gasteiger partial charge in [-0.05, 0) is 45.9 Å². The van der Waals surface area contributed by atoms with Gasteiger partial charge in [0, 0.05) is 24.3 Å². The standard InChI is InChI=1S/C23H21NO/c24-20-12-16-8-4-7-15-9-10-17-18(11-14-5-2-1-3-6-14)21(25)13-19(20)23(17)22(15)16/h1-10,18-20H,11-13,24H2.